The number of anilines is 1. The smallest absolute Gasteiger partial charge is 0.338 e. The van der Waals surface area contributed by atoms with Gasteiger partial charge in [0.05, 0.1) is 5.56 Å². The number of aromatic carboxylic acids is 1. The van der Waals surface area contributed by atoms with Crippen LogP contribution in [-0.4, -0.2) is 34.1 Å². The Kier molecular flexibility index (Phi) is 4.72. The quantitative estimate of drug-likeness (QED) is 0.833. The van der Waals surface area contributed by atoms with Gasteiger partial charge in [-0.15, -0.1) is 17.9 Å². The van der Waals surface area contributed by atoms with E-state index < -0.39 is 5.97 Å². The van der Waals surface area contributed by atoms with Crippen LogP contribution < -0.4 is 5.32 Å². The molecule has 0 fully saturated rings. The number of hydrogen-bond donors (Lipinski definition) is 2. The maximum absolute atomic E-state index is 12.2. The SMILES string of the molecule is C=CCN(C(=O)Nc1sccc1C(=O)O)C(C)(C)C. The minimum Gasteiger partial charge on any atom is -0.478 e. The molecule has 0 spiro atoms. The lowest BCUT2D eigenvalue weighted by Crippen LogP contribution is -2.47. The highest BCUT2D eigenvalue weighted by atomic mass is 32.1. The zero-order chi connectivity index (χ0) is 14.6. The molecule has 104 valence electrons. The van der Waals surface area contributed by atoms with Crippen LogP contribution in [0.15, 0.2) is 24.1 Å². The van der Waals surface area contributed by atoms with Gasteiger partial charge >= 0.3 is 12.0 Å². The second-order valence-corrected chi connectivity index (χ2v) is 5.88. The molecule has 1 aromatic heterocycles. The molecule has 0 bridgehead atoms. The molecule has 0 aliphatic carbocycles. The maximum atomic E-state index is 12.2. The van der Waals surface area contributed by atoms with E-state index in [0.717, 1.165) is 0 Å². The first kappa shape index (κ1) is 15.2. The van der Waals surface area contributed by atoms with E-state index in [4.69, 9.17) is 5.11 Å². The molecule has 1 heterocycles. The summed E-state index contributed by atoms with van der Waals surface area (Å²) in [6.07, 6.45) is 1.64. The van der Waals surface area contributed by atoms with Crippen molar-refractivity contribution in [2.75, 3.05) is 11.9 Å². The lowest BCUT2D eigenvalue weighted by Gasteiger charge is -2.34. The van der Waals surface area contributed by atoms with Crippen molar-refractivity contribution < 1.29 is 14.7 Å². The standard InChI is InChI=1S/C13H18N2O3S/c1-5-7-15(13(2,3)4)12(18)14-10-9(11(16)17)6-8-19-10/h5-6,8H,1,7H2,2-4H3,(H,14,18)(H,16,17). The Morgan fingerprint density at radius 1 is 1.53 bits per heavy atom. The lowest BCUT2D eigenvalue weighted by atomic mass is 10.1. The molecule has 2 N–H and O–H groups in total. The zero-order valence-corrected chi connectivity index (χ0v) is 12.1. The van der Waals surface area contributed by atoms with Crippen LogP contribution in [0.2, 0.25) is 0 Å². The van der Waals surface area contributed by atoms with Crippen molar-refractivity contribution in [3.63, 3.8) is 0 Å². The fourth-order valence-corrected chi connectivity index (χ4v) is 2.30. The van der Waals surface area contributed by atoms with E-state index in [2.05, 4.69) is 11.9 Å². The number of carboxylic acid groups (broad SMARTS) is 1. The van der Waals surface area contributed by atoms with E-state index in [1.165, 1.54) is 17.4 Å². The molecular weight excluding hydrogens is 264 g/mol. The Balaban J connectivity index is 2.91. The minimum atomic E-state index is -1.05. The molecule has 1 rings (SSSR count). The van der Waals surface area contributed by atoms with Gasteiger partial charge in [-0.3, -0.25) is 5.32 Å². The molecule has 0 saturated carbocycles. The van der Waals surface area contributed by atoms with Gasteiger partial charge in [-0.1, -0.05) is 6.08 Å². The average molecular weight is 282 g/mol. The van der Waals surface area contributed by atoms with Gasteiger partial charge in [0.2, 0.25) is 0 Å². The highest BCUT2D eigenvalue weighted by molar-refractivity contribution is 7.14. The summed E-state index contributed by atoms with van der Waals surface area (Å²) in [5, 5.41) is 13.6. The summed E-state index contributed by atoms with van der Waals surface area (Å²) in [6.45, 7) is 9.73. The first-order valence-electron chi connectivity index (χ1n) is 5.77. The third kappa shape index (κ3) is 3.82. The monoisotopic (exact) mass is 282 g/mol. The van der Waals surface area contributed by atoms with Crippen molar-refractivity contribution in [2.24, 2.45) is 0 Å². The number of nitrogens with zero attached hydrogens (tertiary/aromatic N) is 1. The Bertz CT molecular complexity index is 488. The molecule has 6 heteroatoms. The van der Waals surface area contributed by atoms with Gasteiger partial charge in [0.15, 0.2) is 0 Å². The van der Waals surface area contributed by atoms with E-state index in [1.54, 1.807) is 16.4 Å². The molecule has 1 aromatic rings. The second kappa shape index (κ2) is 5.88. The van der Waals surface area contributed by atoms with Crippen molar-refractivity contribution in [1.29, 1.82) is 0 Å². The summed E-state index contributed by atoms with van der Waals surface area (Å²) < 4.78 is 0. The van der Waals surface area contributed by atoms with Crippen LogP contribution in [0, 0.1) is 0 Å². The Morgan fingerprint density at radius 2 is 2.16 bits per heavy atom. The summed E-state index contributed by atoms with van der Waals surface area (Å²) in [4.78, 5) is 24.8. The van der Waals surface area contributed by atoms with Gasteiger partial charge in [0.25, 0.3) is 0 Å². The number of carbonyl (C=O) groups excluding carboxylic acids is 1. The van der Waals surface area contributed by atoms with Crippen LogP contribution in [0.5, 0.6) is 0 Å². The van der Waals surface area contributed by atoms with E-state index >= 15 is 0 Å². The average Bonchev–Trinajstić information content (AvgIpc) is 2.72. The van der Waals surface area contributed by atoms with Gasteiger partial charge in [-0.05, 0) is 32.2 Å². The molecule has 19 heavy (non-hydrogen) atoms. The molecule has 0 aromatic carbocycles. The van der Waals surface area contributed by atoms with Crippen LogP contribution in [0.3, 0.4) is 0 Å². The summed E-state index contributed by atoms with van der Waals surface area (Å²) >= 11 is 1.19. The number of carboxylic acids is 1. The van der Waals surface area contributed by atoms with Gasteiger partial charge in [-0.25, -0.2) is 9.59 Å². The molecule has 0 aliphatic rings. The third-order valence-electron chi connectivity index (χ3n) is 2.48. The number of urea groups is 1. The maximum Gasteiger partial charge on any atom is 0.338 e. The highest BCUT2D eigenvalue weighted by Crippen LogP contribution is 2.24. The highest BCUT2D eigenvalue weighted by Gasteiger charge is 2.26. The van der Waals surface area contributed by atoms with Crippen molar-refractivity contribution >= 4 is 28.3 Å². The van der Waals surface area contributed by atoms with Crippen molar-refractivity contribution in [3.05, 3.63) is 29.7 Å². The van der Waals surface area contributed by atoms with Gasteiger partial charge in [-0.2, -0.15) is 0 Å². The van der Waals surface area contributed by atoms with Crippen LogP contribution in [0.25, 0.3) is 0 Å². The van der Waals surface area contributed by atoms with Crippen LogP contribution >= 0.6 is 11.3 Å². The topological polar surface area (TPSA) is 69.6 Å². The molecule has 5 nitrogen and oxygen atoms in total. The van der Waals surface area contributed by atoms with E-state index in [1.807, 2.05) is 20.8 Å². The fraction of sp³-hybridized carbons (Fsp3) is 0.385. The van der Waals surface area contributed by atoms with Crippen LogP contribution in [0.4, 0.5) is 9.80 Å². The van der Waals surface area contributed by atoms with Gasteiger partial charge < -0.3 is 10.0 Å². The van der Waals surface area contributed by atoms with Gasteiger partial charge in [0.1, 0.15) is 5.00 Å². The molecule has 0 unspecified atom stereocenters. The molecule has 2 amide bonds. The predicted octanol–water partition coefficient (Wildman–Crippen LogP) is 3.26. The second-order valence-electron chi connectivity index (χ2n) is 4.97. The number of rotatable bonds is 4. The van der Waals surface area contributed by atoms with Gasteiger partial charge in [0, 0.05) is 12.1 Å². The lowest BCUT2D eigenvalue weighted by molar-refractivity contribution is 0.0698. The minimum absolute atomic E-state index is 0.103. The van der Waals surface area contributed by atoms with Crippen molar-refractivity contribution in [2.45, 2.75) is 26.3 Å². The molecule has 0 aliphatic heterocycles. The van der Waals surface area contributed by atoms with E-state index in [-0.39, 0.29) is 17.1 Å². The molecule has 0 atom stereocenters. The molecule has 0 saturated heterocycles. The van der Waals surface area contributed by atoms with Crippen LogP contribution in [0.1, 0.15) is 31.1 Å². The van der Waals surface area contributed by atoms with Crippen molar-refractivity contribution in [3.8, 4) is 0 Å². The fourth-order valence-electron chi connectivity index (χ4n) is 1.53. The number of carbonyl (C=O) groups is 2. The van der Waals surface area contributed by atoms with Crippen molar-refractivity contribution in [1.82, 2.24) is 4.90 Å². The first-order valence-corrected chi connectivity index (χ1v) is 6.65. The van der Waals surface area contributed by atoms with E-state index in [9.17, 15) is 9.59 Å². The first-order chi connectivity index (χ1) is 8.77. The molecule has 0 radical (unpaired) electrons. The number of amides is 2. The summed E-state index contributed by atoms with van der Waals surface area (Å²) in [5.74, 6) is -1.05. The molecular formula is C13H18N2O3S. The normalized spacial score (nSPS) is 10.9. The number of hydrogen-bond acceptors (Lipinski definition) is 3. The van der Waals surface area contributed by atoms with Crippen LogP contribution in [-0.2, 0) is 0 Å². The number of thiophene rings is 1. The summed E-state index contributed by atoms with van der Waals surface area (Å²) in [6, 6.07) is 1.13. The van der Waals surface area contributed by atoms with E-state index in [0.29, 0.717) is 11.5 Å². The summed E-state index contributed by atoms with van der Waals surface area (Å²) in [5.41, 5.74) is -0.273. The predicted molar refractivity (Wildman–Crippen MR) is 77.0 cm³/mol. The largest absolute Gasteiger partial charge is 0.478 e. The summed E-state index contributed by atoms with van der Waals surface area (Å²) in [7, 11) is 0. The Morgan fingerprint density at radius 3 is 2.63 bits per heavy atom. The Hall–Kier alpha value is -1.82. The zero-order valence-electron chi connectivity index (χ0n) is 11.3. The third-order valence-corrected chi connectivity index (χ3v) is 3.31. The Labute approximate surface area is 116 Å². The number of nitrogens with one attached hydrogen (secondary N) is 1.